The van der Waals surface area contributed by atoms with Gasteiger partial charge in [-0.15, -0.1) is 0 Å². The lowest BCUT2D eigenvalue weighted by atomic mass is 10.0. The summed E-state index contributed by atoms with van der Waals surface area (Å²) in [5, 5.41) is 18.0. The molecule has 0 bridgehead atoms. The highest BCUT2D eigenvalue weighted by molar-refractivity contribution is 7.92. The van der Waals surface area contributed by atoms with Gasteiger partial charge in [-0.25, -0.2) is 8.42 Å². The van der Waals surface area contributed by atoms with Crippen LogP contribution in [0.15, 0.2) is 59.5 Å². The molecule has 0 radical (unpaired) electrons. The maximum Gasteiger partial charge on any atom is 0.184 e. The molecular formula is C19H16N2O2S. The Morgan fingerprint density at radius 2 is 1.58 bits per heavy atom. The van der Waals surface area contributed by atoms with E-state index in [-0.39, 0.29) is 4.90 Å². The molecule has 1 aliphatic carbocycles. The van der Waals surface area contributed by atoms with Crippen molar-refractivity contribution in [3.8, 4) is 12.1 Å². The third-order valence-electron chi connectivity index (χ3n) is 4.66. The predicted molar refractivity (Wildman–Crippen MR) is 89.6 cm³/mol. The van der Waals surface area contributed by atoms with E-state index in [4.69, 9.17) is 0 Å². The summed E-state index contributed by atoms with van der Waals surface area (Å²) in [6.45, 7) is 2.03. The van der Waals surface area contributed by atoms with Crippen molar-refractivity contribution in [2.24, 2.45) is 5.41 Å². The molecule has 0 saturated heterocycles. The Balaban J connectivity index is 2.07. The molecule has 2 atom stereocenters. The maximum absolute atomic E-state index is 12.9. The average molecular weight is 336 g/mol. The predicted octanol–water partition coefficient (Wildman–Crippen LogP) is 3.22. The molecule has 2 aromatic carbocycles. The Labute approximate surface area is 141 Å². The van der Waals surface area contributed by atoms with E-state index in [0.717, 1.165) is 17.5 Å². The molecule has 0 aromatic heterocycles. The van der Waals surface area contributed by atoms with Crippen LogP contribution in [-0.2, 0) is 16.3 Å². The van der Waals surface area contributed by atoms with Crippen LogP contribution in [0.25, 0.3) is 0 Å². The zero-order valence-corrected chi connectivity index (χ0v) is 14.0. The molecule has 3 rings (SSSR count). The van der Waals surface area contributed by atoms with Crippen LogP contribution < -0.4 is 0 Å². The van der Waals surface area contributed by atoms with E-state index in [2.05, 4.69) is 0 Å². The van der Waals surface area contributed by atoms with Gasteiger partial charge in [0, 0.05) is 5.92 Å². The first-order valence-corrected chi connectivity index (χ1v) is 9.26. The van der Waals surface area contributed by atoms with Gasteiger partial charge in [0.1, 0.15) is 5.25 Å². The highest BCUT2D eigenvalue weighted by Crippen LogP contribution is 2.63. The van der Waals surface area contributed by atoms with E-state index in [1.54, 1.807) is 18.2 Å². The molecule has 0 N–H and O–H groups in total. The van der Waals surface area contributed by atoms with Gasteiger partial charge in [0.15, 0.2) is 15.3 Å². The van der Waals surface area contributed by atoms with Gasteiger partial charge >= 0.3 is 0 Å². The largest absolute Gasteiger partial charge is 0.223 e. The zero-order valence-electron chi connectivity index (χ0n) is 13.2. The smallest absolute Gasteiger partial charge is 0.184 e. The van der Waals surface area contributed by atoms with Crippen LogP contribution >= 0.6 is 0 Å². The molecule has 1 fully saturated rings. The van der Waals surface area contributed by atoms with Crippen molar-refractivity contribution in [1.29, 1.82) is 10.5 Å². The fraction of sp³-hybridized carbons (Fsp3) is 0.263. The summed E-state index contributed by atoms with van der Waals surface area (Å²) in [5.74, 6) is -0.622. The first kappa shape index (κ1) is 16.2. The van der Waals surface area contributed by atoms with Gasteiger partial charge in [0.05, 0.1) is 17.0 Å². The molecule has 0 spiro atoms. The van der Waals surface area contributed by atoms with E-state index in [1.807, 2.05) is 43.3 Å². The Bertz CT molecular complexity index is 922. The number of benzene rings is 2. The number of hydrogen-bond donors (Lipinski definition) is 0. The van der Waals surface area contributed by atoms with Crippen molar-refractivity contribution >= 4 is 9.84 Å². The Kier molecular flexibility index (Phi) is 3.91. The van der Waals surface area contributed by atoms with Crippen molar-refractivity contribution in [2.75, 3.05) is 0 Å². The van der Waals surface area contributed by atoms with Crippen molar-refractivity contribution in [1.82, 2.24) is 0 Å². The maximum atomic E-state index is 12.9. The average Bonchev–Trinajstić information content (AvgIpc) is 3.33. The molecule has 1 aliphatic rings. The quantitative estimate of drug-likeness (QED) is 0.858. The van der Waals surface area contributed by atoms with E-state index in [9.17, 15) is 18.9 Å². The van der Waals surface area contributed by atoms with Crippen LogP contribution in [0.2, 0.25) is 0 Å². The third kappa shape index (κ3) is 2.29. The minimum Gasteiger partial charge on any atom is -0.223 e. The van der Waals surface area contributed by atoms with Crippen molar-refractivity contribution in [3.05, 3.63) is 65.7 Å². The van der Waals surface area contributed by atoms with Gasteiger partial charge in [0.2, 0.25) is 0 Å². The van der Waals surface area contributed by atoms with Crippen LogP contribution in [0.3, 0.4) is 0 Å². The standard InChI is InChI=1S/C19H16N2O2S/c1-2-14-8-10-15(11-9-14)17-18(19(17,12-20)13-21)24(22,23)16-6-4-3-5-7-16/h3-11,17-18H,2H2,1H3/t17-,18-/m0/s1. The topological polar surface area (TPSA) is 81.7 Å². The molecule has 1 saturated carbocycles. The van der Waals surface area contributed by atoms with Gasteiger partial charge in [-0.3, -0.25) is 0 Å². The lowest BCUT2D eigenvalue weighted by Crippen LogP contribution is -2.14. The van der Waals surface area contributed by atoms with E-state index < -0.39 is 26.4 Å². The number of hydrogen-bond acceptors (Lipinski definition) is 4. The summed E-state index contributed by atoms with van der Waals surface area (Å²) in [6.07, 6.45) is 0.873. The first-order chi connectivity index (χ1) is 11.5. The molecule has 24 heavy (non-hydrogen) atoms. The van der Waals surface area contributed by atoms with Gasteiger partial charge in [-0.2, -0.15) is 10.5 Å². The molecule has 4 nitrogen and oxygen atoms in total. The fourth-order valence-electron chi connectivity index (χ4n) is 3.23. The zero-order chi connectivity index (χ0) is 17.4. The van der Waals surface area contributed by atoms with Crippen LogP contribution in [0, 0.1) is 28.1 Å². The lowest BCUT2D eigenvalue weighted by Gasteiger charge is -2.04. The van der Waals surface area contributed by atoms with Crippen molar-refractivity contribution < 1.29 is 8.42 Å². The van der Waals surface area contributed by atoms with Gasteiger partial charge in [0.25, 0.3) is 0 Å². The number of sulfone groups is 1. The second-order valence-electron chi connectivity index (χ2n) is 5.94. The summed E-state index contributed by atoms with van der Waals surface area (Å²) in [6, 6.07) is 19.4. The molecule has 0 unspecified atom stereocenters. The summed E-state index contributed by atoms with van der Waals surface area (Å²) in [4.78, 5) is 0.151. The Morgan fingerprint density at radius 3 is 2.08 bits per heavy atom. The lowest BCUT2D eigenvalue weighted by molar-refractivity contribution is 0.591. The summed E-state index contributed by atoms with van der Waals surface area (Å²) >= 11 is 0. The van der Waals surface area contributed by atoms with Crippen molar-refractivity contribution in [2.45, 2.75) is 29.4 Å². The van der Waals surface area contributed by atoms with Crippen LogP contribution in [0.4, 0.5) is 0 Å². The van der Waals surface area contributed by atoms with Crippen molar-refractivity contribution in [3.63, 3.8) is 0 Å². The molecule has 0 amide bonds. The Hall–Kier alpha value is -2.63. The third-order valence-corrected chi connectivity index (χ3v) is 6.90. The molecule has 0 aliphatic heterocycles. The van der Waals surface area contributed by atoms with Gasteiger partial charge < -0.3 is 0 Å². The second-order valence-corrected chi connectivity index (χ2v) is 8.01. The van der Waals surface area contributed by atoms with Gasteiger partial charge in [-0.1, -0.05) is 49.4 Å². The van der Waals surface area contributed by atoms with E-state index >= 15 is 0 Å². The summed E-state index contributed by atoms with van der Waals surface area (Å²) in [7, 11) is -3.76. The van der Waals surface area contributed by atoms with Crippen LogP contribution in [0.5, 0.6) is 0 Å². The van der Waals surface area contributed by atoms with E-state index in [1.165, 1.54) is 12.1 Å². The number of rotatable bonds is 4. The first-order valence-electron chi connectivity index (χ1n) is 7.71. The Morgan fingerprint density at radius 1 is 1.00 bits per heavy atom. The molecule has 0 heterocycles. The minimum atomic E-state index is -3.76. The molecule has 2 aromatic rings. The van der Waals surface area contributed by atoms with Gasteiger partial charge in [-0.05, 0) is 29.7 Å². The van der Waals surface area contributed by atoms with Crippen LogP contribution in [0.1, 0.15) is 24.0 Å². The minimum absolute atomic E-state index is 0.151. The monoisotopic (exact) mass is 336 g/mol. The highest BCUT2D eigenvalue weighted by Gasteiger charge is 2.73. The van der Waals surface area contributed by atoms with E-state index in [0.29, 0.717) is 0 Å². The van der Waals surface area contributed by atoms with Crippen LogP contribution in [-0.4, -0.2) is 13.7 Å². The number of nitriles is 2. The molecular weight excluding hydrogens is 320 g/mol. The number of nitrogens with zero attached hydrogens (tertiary/aromatic N) is 2. The highest BCUT2D eigenvalue weighted by atomic mass is 32.2. The number of aryl methyl sites for hydroxylation is 1. The molecule has 120 valence electrons. The fourth-order valence-corrected chi connectivity index (χ4v) is 5.45. The normalized spacial score (nSPS) is 21.5. The summed E-state index contributed by atoms with van der Waals surface area (Å²) in [5.41, 5.74) is 0.323. The summed E-state index contributed by atoms with van der Waals surface area (Å²) < 4.78 is 25.9. The molecule has 5 heteroatoms. The SMILES string of the molecule is CCc1ccc([C@H]2[C@H](S(=O)(=O)c3ccccc3)C2(C#N)C#N)cc1. The second kappa shape index (κ2) is 5.78.